The maximum absolute atomic E-state index is 2.31. The Bertz CT molecular complexity index is 302. The largest absolute Gasteiger partial charge is 0.118 e. The number of hydrogen-bond acceptors (Lipinski definition) is 4. The fraction of sp³-hybridized carbons (Fsp3) is 0.923. The van der Waals surface area contributed by atoms with Crippen LogP contribution in [0.1, 0.15) is 130 Å². The molecule has 0 saturated carbocycles. The van der Waals surface area contributed by atoms with Gasteiger partial charge >= 0.3 is 0 Å². The first-order valence-corrected chi connectivity index (χ1v) is 17.0. The Morgan fingerprint density at radius 2 is 0.567 bits per heavy atom. The van der Waals surface area contributed by atoms with Gasteiger partial charge in [-0.15, -0.1) is 47.0 Å². The Labute approximate surface area is 208 Å². The average Bonchev–Trinajstić information content (AvgIpc) is 2.76. The Kier molecular flexibility index (Phi) is 27.4. The first-order chi connectivity index (χ1) is 14.8. The summed E-state index contributed by atoms with van der Waals surface area (Å²) in [7, 11) is 0. The van der Waals surface area contributed by atoms with Crippen LogP contribution in [0.3, 0.4) is 0 Å². The minimum Gasteiger partial charge on any atom is -0.118 e. The summed E-state index contributed by atoms with van der Waals surface area (Å²) in [4.78, 5) is 0. The van der Waals surface area contributed by atoms with Crippen LogP contribution in [0.15, 0.2) is 8.47 Å². The second kappa shape index (κ2) is 26.4. The van der Waals surface area contributed by atoms with E-state index < -0.39 is 0 Å². The fourth-order valence-electron chi connectivity index (χ4n) is 3.09. The second-order valence-electron chi connectivity index (χ2n) is 8.21. The summed E-state index contributed by atoms with van der Waals surface area (Å²) < 4.78 is 3.34. The predicted molar refractivity (Wildman–Crippen MR) is 153 cm³/mol. The first kappa shape index (κ1) is 31.1. The van der Waals surface area contributed by atoms with Crippen LogP contribution in [0.25, 0.3) is 0 Å². The molecular formula is C26H52S4. The molecule has 0 bridgehead atoms. The molecular weight excluding hydrogens is 441 g/mol. The normalized spacial score (nSPS) is 11.2. The molecule has 0 rings (SSSR count). The van der Waals surface area contributed by atoms with E-state index in [0.717, 1.165) is 0 Å². The van der Waals surface area contributed by atoms with E-state index in [1.165, 1.54) is 126 Å². The lowest BCUT2D eigenvalue weighted by atomic mass is 10.2. The summed E-state index contributed by atoms with van der Waals surface area (Å²) in [6.07, 6.45) is 22.1. The van der Waals surface area contributed by atoms with Crippen LogP contribution in [-0.2, 0) is 0 Å². The van der Waals surface area contributed by atoms with E-state index in [-0.39, 0.29) is 0 Å². The van der Waals surface area contributed by atoms with Crippen molar-refractivity contribution in [2.75, 3.05) is 23.0 Å². The van der Waals surface area contributed by atoms with Crippen molar-refractivity contribution < 1.29 is 0 Å². The molecule has 0 radical (unpaired) electrons. The standard InChI is InChI=1S/C26H52S4/c1-5-9-13-17-21-27-25(28-22-18-14-10-6-2)26(29-23-19-15-11-7-3)30-24-20-16-12-8-4/h5-24H2,1-4H3. The van der Waals surface area contributed by atoms with Crippen LogP contribution >= 0.6 is 47.0 Å². The minimum absolute atomic E-state index is 1.31. The SMILES string of the molecule is CCCCCCSC(SCCCCCC)=C(SCCCCCC)SCCCCCC. The summed E-state index contributed by atoms with van der Waals surface area (Å²) >= 11 is 8.73. The van der Waals surface area contributed by atoms with Crippen molar-refractivity contribution in [2.24, 2.45) is 0 Å². The van der Waals surface area contributed by atoms with Crippen molar-refractivity contribution in [1.29, 1.82) is 0 Å². The highest BCUT2D eigenvalue weighted by Gasteiger charge is 2.11. The van der Waals surface area contributed by atoms with Crippen LogP contribution in [0.5, 0.6) is 0 Å². The molecule has 0 aliphatic heterocycles. The van der Waals surface area contributed by atoms with Gasteiger partial charge in [-0.3, -0.25) is 0 Å². The van der Waals surface area contributed by atoms with E-state index in [2.05, 4.69) is 74.7 Å². The maximum atomic E-state index is 2.31. The molecule has 0 fully saturated rings. The third kappa shape index (κ3) is 21.0. The van der Waals surface area contributed by atoms with Crippen molar-refractivity contribution in [1.82, 2.24) is 0 Å². The van der Waals surface area contributed by atoms with Gasteiger partial charge in [0, 0.05) is 0 Å². The lowest BCUT2D eigenvalue weighted by molar-refractivity contribution is 0.706. The van der Waals surface area contributed by atoms with E-state index in [9.17, 15) is 0 Å². The molecule has 0 aromatic carbocycles. The third-order valence-corrected chi connectivity index (χ3v) is 10.9. The number of rotatable bonds is 24. The average molecular weight is 493 g/mol. The van der Waals surface area contributed by atoms with E-state index in [0.29, 0.717) is 0 Å². The van der Waals surface area contributed by atoms with Crippen LogP contribution in [-0.4, -0.2) is 23.0 Å². The van der Waals surface area contributed by atoms with Crippen molar-refractivity contribution >= 4 is 47.0 Å². The number of thioether (sulfide) groups is 4. The lowest BCUT2D eigenvalue weighted by Crippen LogP contribution is -1.90. The number of unbranched alkanes of at least 4 members (excludes halogenated alkanes) is 12. The second-order valence-corrected chi connectivity index (χ2v) is 13.1. The Hall–Kier alpha value is 1.14. The van der Waals surface area contributed by atoms with Gasteiger partial charge in [0.1, 0.15) is 0 Å². The van der Waals surface area contributed by atoms with Gasteiger partial charge in [0.2, 0.25) is 0 Å². The molecule has 0 saturated heterocycles. The van der Waals surface area contributed by atoms with Crippen molar-refractivity contribution in [3.8, 4) is 0 Å². The zero-order valence-electron chi connectivity index (χ0n) is 20.8. The number of hydrogen-bond donors (Lipinski definition) is 0. The molecule has 0 amide bonds. The topological polar surface area (TPSA) is 0 Å². The van der Waals surface area contributed by atoms with E-state index in [1.54, 1.807) is 8.47 Å². The maximum Gasteiger partial charge on any atom is 0.0602 e. The zero-order valence-corrected chi connectivity index (χ0v) is 24.0. The van der Waals surface area contributed by atoms with E-state index in [1.807, 2.05) is 0 Å². The van der Waals surface area contributed by atoms with Crippen molar-refractivity contribution in [3.05, 3.63) is 8.47 Å². The molecule has 4 heteroatoms. The molecule has 0 atom stereocenters. The molecule has 0 nitrogen and oxygen atoms in total. The summed E-state index contributed by atoms with van der Waals surface area (Å²) in [6.45, 7) is 9.25. The molecule has 180 valence electrons. The zero-order chi connectivity index (χ0) is 22.1. The monoisotopic (exact) mass is 492 g/mol. The molecule has 0 unspecified atom stereocenters. The molecule has 0 spiro atoms. The predicted octanol–water partition coefficient (Wildman–Crippen LogP) is 11.4. The molecule has 30 heavy (non-hydrogen) atoms. The summed E-state index contributed by atoms with van der Waals surface area (Å²) in [6, 6.07) is 0. The highest BCUT2D eigenvalue weighted by atomic mass is 32.2. The van der Waals surface area contributed by atoms with Crippen LogP contribution in [0, 0.1) is 0 Å². The van der Waals surface area contributed by atoms with Gasteiger partial charge in [-0.25, -0.2) is 0 Å². The van der Waals surface area contributed by atoms with Crippen molar-refractivity contribution in [3.63, 3.8) is 0 Å². The van der Waals surface area contributed by atoms with Crippen LogP contribution < -0.4 is 0 Å². The van der Waals surface area contributed by atoms with E-state index in [4.69, 9.17) is 0 Å². The fourth-order valence-corrected chi connectivity index (χ4v) is 8.78. The highest BCUT2D eigenvalue weighted by molar-refractivity contribution is 8.28. The summed E-state index contributed by atoms with van der Waals surface area (Å²) in [5.74, 6) is 5.25. The van der Waals surface area contributed by atoms with Gasteiger partial charge < -0.3 is 0 Å². The van der Waals surface area contributed by atoms with Crippen LogP contribution in [0.2, 0.25) is 0 Å². The van der Waals surface area contributed by atoms with Gasteiger partial charge in [-0.1, -0.05) is 105 Å². The Morgan fingerprint density at radius 3 is 0.767 bits per heavy atom. The highest BCUT2D eigenvalue weighted by Crippen LogP contribution is 2.43. The minimum atomic E-state index is 1.31. The first-order valence-electron chi connectivity index (χ1n) is 13.0. The molecule has 0 aliphatic carbocycles. The van der Waals surface area contributed by atoms with Crippen LogP contribution in [0.4, 0.5) is 0 Å². The van der Waals surface area contributed by atoms with Gasteiger partial charge in [-0.05, 0) is 48.7 Å². The van der Waals surface area contributed by atoms with Gasteiger partial charge in [0.05, 0.1) is 8.47 Å². The van der Waals surface area contributed by atoms with Gasteiger partial charge in [-0.2, -0.15) is 0 Å². The Balaban J connectivity index is 4.81. The Morgan fingerprint density at radius 1 is 0.333 bits per heavy atom. The molecule has 0 heterocycles. The third-order valence-electron chi connectivity index (χ3n) is 5.09. The molecule has 0 N–H and O–H groups in total. The summed E-state index contributed by atoms with van der Waals surface area (Å²) in [5, 5.41) is 0. The molecule has 0 aliphatic rings. The molecule has 0 aromatic rings. The quantitative estimate of drug-likeness (QED) is 0.123. The van der Waals surface area contributed by atoms with Gasteiger partial charge in [0.25, 0.3) is 0 Å². The lowest BCUT2D eigenvalue weighted by Gasteiger charge is -2.15. The van der Waals surface area contributed by atoms with Gasteiger partial charge in [0.15, 0.2) is 0 Å². The summed E-state index contributed by atoms with van der Waals surface area (Å²) in [5.41, 5.74) is 0. The van der Waals surface area contributed by atoms with E-state index >= 15 is 0 Å². The smallest absolute Gasteiger partial charge is 0.0602 e. The van der Waals surface area contributed by atoms with Crippen molar-refractivity contribution in [2.45, 2.75) is 130 Å². The molecule has 0 aromatic heterocycles.